The SMILES string of the molecule is C=CC(=O)Nc1cc(Nc2nccc(-n3c(=O)[nH]c4c(C(N)=O)cccc43)n2)c(OC)cc1N(C)CCN(C)C. The average molecular weight is 546 g/mol. The molecule has 40 heavy (non-hydrogen) atoms. The van der Waals surface area contributed by atoms with Crippen LogP contribution >= 0.6 is 0 Å². The molecule has 208 valence electrons. The summed E-state index contributed by atoms with van der Waals surface area (Å²) in [6, 6.07) is 9.93. The second-order valence-electron chi connectivity index (χ2n) is 9.18. The van der Waals surface area contributed by atoms with Gasteiger partial charge in [-0.1, -0.05) is 12.6 Å². The fourth-order valence-corrected chi connectivity index (χ4v) is 4.12. The predicted molar refractivity (Wildman–Crippen MR) is 155 cm³/mol. The van der Waals surface area contributed by atoms with E-state index in [2.05, 4.69) is 37.1 Å². The molecule has 4 aromatic rings. The number of hydrogen-bond acceptors (Lipinski definition) is 9. The fourth-order valence-electron chi connectivity index (χ4n) is 4.12. The molecule has 2 heterocycles. The Balaban J connectivity index is 1.75. The first-order valence-electron chi connectivity index (χ1n) is 12.3. The topological polar surface area (TPSA) is 164 Å². The summed E-state index contributed by atoms with van der Waals surface area (Å²) in [7, 11) is 7.42. The minimum absolute atomic E-state index is 0.165. The number of anilines is 4. The maximum absolute atomic E-state index is 12.9. The van der Waals surface area contributed by atoms with E-state index in [1.165, 1.54) is 30.0 Å². The number of primary amides is 1. The number of para-hydroxylation sites is 1. The van der Waals surface area contributed by atoms with Crippen LogP contribution in [0.4, 0.5) is 23.0 Å². The van der Waals surface area contributed by atoms with E-state index in [0.717, 1.165) is 12.2 Å². The Morgan fingerprint density at radius 2 is 1.95 bits per heavy atom. The molecule has 0 radical (unpaired) electrons. The van der Waals surface area contributed by atoms with Crippen molar-refractivity contribution in [3.8, 4) is 11.6 Å². The Kier molecular flexibility index (Phi) is 8.15. The standard InChI is InChI=1S/C27H31N9O4/c1-6-23(37)30-17-14-18(21(40-5)15-20(17)35(4)13-12-34(2)3)31-26-29-11-10-22(32-26)36-19-9-7-8-16(25(28)38)24(19)33-27(36)39/h6-11,14-15H,1,12-13H2,2-5H3,(H2,28,38)(H,30,37)(H,33,39)(H,29,31,32). The van der Waals surface area contributed by atoms with Crippen molar-refractivity contribution in [1.29, 1.82) is 0 Å². The van der Waals surface area contributed by atoms with Gasteiger partial charge in [-0.2, -0.15) is 4.98 Å². The molecule has 0 fully saturated rings. The van der Waals surface area contributed by atoms with Crippen LogP contribution in [0.15, 0.2) is 60.0 Å². The number of carbonyl (C=O) groups is 2. The molecule has 13 heteroatoms. The average Bonchev–Trinajstić information content (AvgIpc) is 3.27. The molecule has 0 bridgehead atoms. The number of fused-ring (bicyclic) bond motifs is 1. The molecule has 0 aliphatic heterocycles. The Morgan fingerprint density at radius 3 is 2.62 bits per heavy atom. The number of imidazole rings is 1. The van der Waals surface area contributed by atoms with Gasteiger partial charge in [0.1, 0.15) is 11.6 Å². The van der Waals surface area contributed by atoms with E-state index < -0.39 is 11.6 Å². The van der Waals surface area contributed by atoms with Crippen LogP contribution in [-0.4, -0.2) is 77.6 Å². The zero-order valence-electron chi connectivity index (χ0n) is 22.7. The van der Waals surface area contributed by atoms with Crippen LogP contribution in [0.3, 0.4) is 0 Å². The molecule has 2 aromatic carbocycles. The summed E-state index contributed by atoms with van der Waals surface area (Å²) in [5.41, 5.74) is 7.65. The van der Waals surface area contributed by atoms with Gasteiger partial charge in [0.2, 0.25) is 11.9 Å². The molecule has 2 amide bonds. The molecule has 0 saturated heterocycles. The number of benzene rings is 2. The summed E-state index contributed by atoms with van der Waals surface area (Å²) in [4.78, 5) is 52.5. The molecule has 2 aromatic heterocycles. The minimum atomic E-state index is -0.661. The van der Waals surface area contributed by atoms with Crippen molar-refractivity contribution >= 4 is 45.9 Å². The van der Waals surface area contributed by atoms with Crippen LogP contribution in [0.5, 0.6) is 5.75 Å². The molecule has 5 N–H and O–H groups in total. The number of methoxy groups -OCH3 is 1. The molecule has 0 spiro atoms. The van der Waals surface area contributed by atoms with Crippen LogP contribution in [0, 0.1) is 0 Å². The van der Waals surface area contributed by atoms with E-state index >= 15 is 0 Å². The van der Waals surface area contributed by atoms with Gasteiger partial charge in [-0.3, -0.25) is 9.59 Å². The Bertz CT molecular complexity index is 1640. The molecule has 0 saturated carbocycles. The summed E-state index contributed by atoms with van der Waals surface area (Å²) in [5.74, 6) is -0.128. The quantitative estimate of drug-likeness (QED) is 0.207. The molecule has 0 aliphatic rings. The molecular weight excluding hydrogens is 514 g/mol. The van der Waals surface area contributed by atoms with Crippen LogP contribution in [0.1, 0.15) is 10.4 Å². The third kappa shape index (κ3) is 5.78. The lowest BCUT2D eigenvalue weighted by atomic mass is 10.2. The number of hydrogen-bond donors (Lipinski definition) is 4. The lowest BCUT2D eigenvalue weighted by Gasteiger charge is -2.26. The van der Waals surface area contributed by atoms with Gasteiger partial charge < -0.3 is 35.9 Å². The maximum atomic E-state index is 12.9. The normalized spacial score (nSPS) is 10.9. The van der Waals surface area contributed by atoms with Gasteiger partial charge >= 0.3 is 5.69 Å². The second-order valence-corrected chi connectivity index (χ2v) is 9.18. The first kappa shape index (κ1) is 27.9. The smallest absolute Gasteiger partial charge is 0.332 e. The summed E-state index contributed by atoms with van der Waals surface area (Å²) in [6.07, 6.45) is 2.68. The first-order chi connectivity index (χ1) is 19.1. The highest BCUT2D eigenvalue weighted by Gasteiger charge is 2.18. The molecule has 4 rings (SSSR count). The van der Waals surface area contributed by atoms with Gasteiger partial charge in [0.25, 0.3) is 5.91 Å². The summed E-state index contributed by atoms with van der Waals surface area (Å²) in [6.45, 7) is 5.03. The van der Waals surface area contributed by atoms with Crippen LogP contribution in [-0.2, 0) is 4.79 Å². The van der Waals surface area contributed by atoms with Gasteiger partial charge in [-0.05, 0) is 38.4 Å². The highest BCUT2D eigenvalue weighted by atomic mass is 16.5. The van der Waals surface area contributed by atoms with Crippen molar-refractivity contribution in [3.63, 3.8) is 0 Å². The monoisotopic (exact) mass is 545 g/mol. The maximum Gasteiger partial charge on any atom is 0.332 e. The number of nitrogens with zero attached hydrogens (tertiary/aromatic N) is 5. The Morgan fingerprint density at radius 1 is 1.18 bits per heavy atom. The van der Waals surface area contributed by atoms with Gasteiger partial charge in [0, 0.05) is 38.5 Å². The number of amides is 2. The summed E-state index contributed by atoms with van der Waals surface area (Å²) >= 11 is 0. The van der Waals surface area contributed by atoms with Gasteiger partial charge in [-0.25, -0.2) is 14.3 Å². The van der Waals surface area contributed by atoms with Crippen molar-refractivity contribution < 1.29 is 14.3 Å². The van der Waals surface area contributed by atoms with E-state index in [1.807, 2.05) is 26.0 Å². The highest BCUT2D eigenvalue weighted by Crippen LogP contribution is 2.38. The van der Waals surface area contributed by atoms with Crippen molar-refractivity contribution in [1.82, 2.24) is 24.4 Å². The number of rotatable bonds is 11. The number of nitrogens with one attached hydrogen (secondary N) is 3. The molecule has 0 unspecified atom stereocenters. The summed E-state index contributed by atoms with van der Waals surface area (Å²) in [5, 5.41) is 5.97. The number of likely N-dealkylation sites (N-methyl/N-ethyl adjacent to an activating group) is 2. The first-order valence-corrected chi connectivity index (χ1v) is 12.3. The molecule has 13 nitrogen and oxygen atoms in total. The third-order valence-electron chi connectivity index (χ3n) is 6.16. The van der Waals surface area contributed by atoms with Crippen molar-refractivity contribution in [2.75, 3.05) is 56.9 Å². The van der Waals surface area contributed by atoms with E-state index in [9.17, 15) is 14.4 Å². The molecule has 0 atom stereocenters. The van der Waals surface area contributed by atoms with E-state index in [4.69, 9.17) is 10.5 Å². The van der Waals surface area contributed by atoms with Gasteiger partial charge in [-0.15, -0.1) is 0 Å². The highest BCUT2D eigenvalue weighted by molar-refractivity contribution is 6.04. The zero-order chi connectivity index (χ0) is 29.0. The van der Waals surface area contributed by atoms with Crippen molar-refractivity contribution in [3.05, 3.63) is 71.3 Å². The Labute approximate surface area is 230 Å². The fraction of sp³-hybridized carbons (Fsp3) is 0.222. The number of H-pyrrole nitrogens is 1. The van der Waals surface area contributed by atoms with Crippen molar-refractivity contribution in [2.45, 2.75) is 0 Å². The second kappa shape index (κ2) is 11.7. The van der Waals surface area contributed by atoms with Crippen LogP contribution in [0.2, 0.25) is 0 Å². The molecule has 0 aliphatic carbocycles. The van der Waals surface area contributed by atoms with Crippen LogP contribution in [0.25, 0.3) is 16.9 Å². The van der Waals surface area contributed by atoms with Gasteiger partial charge in [0.05, 0.1) is 40.8 Å². The number of aromatic nitrogens is 4. The Hall–Kier alpha value is -5.17. The van der Waals surface area contributed by atoms with E-state index in [1.54, 1.807) is 30.3 Å². The van der Waals surface area contributed by atoms with E-state index in [-0.39, 0.29) is 23.2 Å². The summed E-state index contributed by atoms with van der Waals surface area (Å²) < 4.78 is 6.97. The third-order valence-corrected chi connectivity index (χ3v) is 6.16. The van der Waals surface area contributed by atoms with Gasteiger partial charge in [0.15, 0.2) is 0 Å². The number of aromatic amines is 1. The van der Waals surface area contributed by atoms with Crippen molar-refractivity contribution in [2.24, 2.45) is 5.73 Å². The largest absolute Gasteiger partial charge is 0.494 e. The van der Waals surface area contributed by atoms with Crippen LogP contribution < -0.4 is 31.7 Å². The van der Waals surface area contributed by atoms with E-state index in [0.29, 0.717) is 34.7 Å². The molecular formula is C27H31N9O4. The minimum Gasteiger partial charge on any atom is -0.494 e. The number of nitrogens with two attached hydrogens (primary N) is 1. The lowest BCUT2D eigenvalue weighted by molar-refractivity contribution is -0.111. The lowest BCUT2D eigenvalue weighted by Crippen LogP contribution is -2.29. The number of ether oxygens (including phenoxy) is 1. The zero-order valence-corrected chi connectivity index (χ0v) is 22.7. The number of carbonyl (C=O) groups excluding carboxylic acids is 2. The predicted octanol–water partition coefficient (Wildman–Crippen LogP) is 2.08.